The normalized spacial score (nSPS) is 15.3. The van der Waals surface area contributed by atoms with E-state index < -0.39 is 0 Å². The number of thiophene rings is 1. The molecule has 0 aliphatic carbocycles. The molecule has 27 nitrogen and oxygen atoms in total. The van der Waals surface area contributed by atoms with E-state index in [1.807, 2.05) is 51.4 Å². The molecule has 490 valence electrons. The fourth-order valence-corrected chi connectivity index (χ4v) is 13.1. The molecule has 0 spiro atoms. The molecule has 2 atom stereocenters. The summed E-state index contributed by atoms with van der Waals surface area (Å²) in [5.41, 5.74) is 27.1. The Morgan fingerprint density at radius 2 is 1.25 bits per heavy atom. The number of carbonyl (C=O) groups excluding carboxylic acids is 3. The number of nitrogens with two attached hydrogens (primary N) is 3. The van der Waals surface area contributed by atoms with Crippen molar-refractivity contribution in [2.45, 2.75) is 58.3 Å². The van der Waals surface area contributed by atoms with Gasteiger partial charge in [0.05, 0.1) is 82.0 Å². The molecule has 3 amide bonds. The molecular weight excluding hydrogens is 1230 g/mol. The van der Waals surface area contributed by atoms with Crippen molar-refractivity contribution >= 4 is 84.2 Å². The van der Waals surface area contributed by atoms with Gasteiger partial charge in [-0.05, 0) is 85.0 Å². The number of likely N-dealkylation sites (tertiary alicyclic amines) is 2. The number of hydrogen-bond donors (Lipinski definition) is 4. The van der Waals surface area contributed by atoms with E-state index in [4.69, 9.17) is 50.7 Å². The largest absolute Gasteiger partial charge is 0.497 e. The van der Waals surface area contributed by atoms with Crippen molar-refractivity contribution in [3.8, 4) is 62.9 Å². The van der Waals surface area contributed by atoms with Gasteiger partial charge in [0, 0.05) is 98.6 Å². The zero-order chi connectivity index (χ0) is 67.0. The van der Waals surface area contributed by atoms with E-state index in [1.165, 1.54) is 25.1 Å². The summed E-state index contributed by atoms with van der Waals surface area (Å²) in [6, 6.07) is 17.2. The number of nitrogen functional groups attached to an aromatic ring is 3. The first-order valence-corrected chi connectivity index (χ1v) is 31.2. The number of benzene rings is 3. The van der Waals surface area contributed by atoms with Gasteiger partial charge in [-0.3, -0.25) is 19.3 Å². The van der Waals surface area contributed by atoms with Crippen LogP contribution in [0.4, 0.5) is 17.5 Å². The number of piperazine rings is 1. The Labute approximate surface area is 551 Å². The molecule has 28 heteroatoms. The lowest BCUT2D eigenvalue weighted by atomic mass is 10.1. The third-order valence-electron chi connectivity index (χ3n) is 16.5. The molecule has 3 fully saturated rings. The molecule has 7 aromatic heterocycles. The standard InChI is InChI=1S/C23H26N6O3S.C22H24N6O3.C22H22N6O3/c1-13-6-14-8-18(33-22(14)17(7-13)32-3)20-15(11-31-2)16(9-28-5-4-25-19(30)10-28)29-21(20)23(24)26-12-27-29;2*1-4-19(29)27-8-7-15(12-27)28-22-20(21(23)24-13-25-22)18(26-28)6-5-14-9-16(30-2)11-17(10-14)31-3/h6-8,12H,4-5,9-11H2,1-3H3,(H,25,30)(H2,24,26,27);9-11,13,15H,4,7-8,12H2,1-3H3,(H2,23,24,25);4,9-11,13,15H,1,7-8,12H2,2-3H3,(H2,23,24,25)/t;2*15-/m.00/s1. The maximum Gasteiger partial charge on any atom is 0.246 e. The zero-order valence-electron chi connectivity index (χ0n) is 53.9. The molecule has 3 saturated heterocycles. The van der Waals surface area contributed by atoms with Crippen molar-refractivity contribution in [2.24, 2.45) is 0 Å². The van der Waals surface area contributed by atoms with Crippen LogP contribution in [-0.4, -0.2) is 175 Å². The third kappa shape index (κ3) is 13.9. The topological polar surface area (TPSA) is 324 Å². The Hall–Kier alpha value is -11.1. The van der Waals surface area contributed by atoms with Gasteiger partial charge < -0.3 is 60.7 Å². The van der Waals surface area contributed by atoms with Gasteiger partial charge in [-0.1, -0.05) is 31.4 Å². The van der Waals surface area contributed by atoms with Crippen LogP contribution in [-0.2, 0) is 32.3 Å². The minimum atomic E-state index is -0.0971. The van der Waals surface area contributed by atoms with Crippen LogP contribution in [0.3, 0.4) is 0 Å². The summed E-state index contributed by atoms with van der Waals surface area (Å²) in [6.07, 6.45) is 7.65. The monoisotopic (exact) mass is 1300 g/mol. The van der Waals surface area contributed by atoms with Gasteiger partial charge in [-0.2, -0.15) is 15.3 Å². The molecule has 13 rings (SSSR count). The smallest absolute Gasteiger partial charge is 0.246 e. The highest BCUT2D eigenvalue weighted by molar-refractivity contribution is 7.22. The van der Waals surface area contributed by atoms with Gasteiger partial charge in [0.1, 0.15) is 76.3 Å². The van der Waals surface area contributed by atoms with Crippen LogP contribution in [0.5, 0.6) is 28.7 Å². The van der Waals surface area contributed by atoms with Gasteiger partial charge in [0.15, 0.2) is 17.1 Å². The van der Waals surface area contributed by atoms with E-state index >= 15 is 0 Å². The number of nitrogens with zero attached hydrogens (tertiary/aromatic N) is 14. The molecule has 10 aromatic rings. The number of aryl methyl sites for hydroxylation is 1. The minimum absolute atomic E-state index is 0.0137. The van der Waals surface area contributed by atoms with E-state index in [1.54, 1.807) is 75.7 Å². The van der Waals surface area contributed by atoms with Gasteiger partial charge in [0.2, 0.25) is 17.7 Å². The van der Waals surface area contributed by atoms with Crippen molar-refractivity contribution in [1.29, 1.82) is 0 Å². The Kier molecular flexibility index (Phi) is 19.9. The van der Waals surface area contributed by atoms with Crippen LogP contribution >= 0.6 is 11.3 Å². The summed E-state index contributed by atoms with van der Waals surface area (Å²) in [4.78, 5) is 64.1. The van der Waals surface area contributed by atoms with Crippen LogP contribution in [0.1, 0.15) is 77.6 Å². The van der Waals surface area contributed by atoms with Crippen molar-refractivity contribution in [3.05, 3.63) is 126 Å². The average Bonchev–Trinajstić information content (AvgIpc) is 1.59. The second-order valence-corrected chi connectivity index (χ2v) is 23.5. The number of carbonyl (C=O) groups is 3. The first kappa shape index (κ1) is 65.4. The molecule has 0 radical (unpaired) electrons. The van der Waals surface area contributed by atoms with Gasteiger partial charge in [0.25, 0.3) is 0 Å². The van der Waals surface area contributed by atoms with Crippen LogP contribution in [0.25, 0.3) is 48.1 Å². The van der Waals surface area contributed by atoms with Crippen LogP contribution in [0, 0.1) is 30.6 Å². The quantitative estimate of drug-likeness (QED) is 0.0677. The summed E-state index contributed by atoms with van der Waals surface area (Å²) < 4.78 is 39.0. The highest BCUT2D eigenvalue weighted by atomic mass is 32.1. The third-order valence-corrected chi connectivity index (χ3v) is 17.7. The maximum atomic E-state index is 12.1. The predicted molar refractivity (Wildman–Crippen MR) is 360 cm³/mol. The minimum Gasteiger partial charge on any atom is -0.497 e. The fraction of sp³-hybridized carbons (Fsp3) is 0.328. The Morgan fingerprint density at radius 3 is 1.78 bits per heavy atom. The molecule has 0 saturated carbocycles. The van der Waals surface area contributed by atoms with Crippen molar-refractivity contribution in [2.75, 3.05) is 106 Å². The van der Waals surface area contributed by atoms with Gasteiger partial charge >= 0.3 is 0 Å². The molecule has 0 unspecified atom stereocenters. The Balaban J connectivity index is 0.000000145. The van der Waals surface area contributed by atoms with Crippen molar-refractivity contribution < 1.29 is 42.8 Å². The second-order valence-electron chi connectivity index (χ2n) is 22.5. The van der Waals surface area contributed by atoms with Gasteiger partial charge in [-0.15, -0.1) is 11.3 Å². The Morgan fingerprint density at radius 1 is 0.695 bits per heavy atom. The first-order valence-electron chi connectivity index (χ1n) is 30.4. The summed E-state index contributed by atoms with van der Waals surface area (Å²) in [5.74, 6) is 16.9. The number of hydrogen-bond acceptors (Lipinski definition) is 22. The molecule has 0 bridgehead atoms. The molecule has 7 N–H and O–H groups in total. The zero-order valence-corrected chi connectivity index (χ0v) is 54.7. The summed E-state index contributed by atoms with van der Waals surface area (Å²) in [6.45, 7) is 12.6. The molecular formula is C67H72N18O9S. The lowest BCUT2D eigenvalue weighted by Gasteiger charge is -2.26. The number of nitrogens with one attached hydrogen (secondary N) is 1. The SMILES string of the molecule is C=CC(=O)N1CC[C@H](n2nc(C#Cc3cc(OC)cc(OC)c3)c3c(N)ncnc32)C1.CCC(=O)N1CC[C@H](n2nc(C#Cc3cc(OC)cc(OC)c3)c3c(N)ncnc32)C1.COCc1c(-c2cc3cc(C)cc(OC)c3s2)c2c(N)ncnn2c1CN1CCNC(=O)C1. The van der Waals surface area contributed by atoms with Crippen LogP contribution in [0.2, 0.25) is 0 Å². The van der Waals surface area contributed by atoms with E-state index in [2.05, 4.69) is 94.7 Å². The first-order chi connectivity index (χ1) is 46.1. The number of rotatable bonds is 14. The van der Waals surface area contributed by atoms with E-state index in [0.717, 1.165) is 73.6 Å². The summed E-state index contributed by atoms with van der Waals surface area (Å²) in [7, 11) is 9.72. The van der Waals surface area contributed by atoms with E-state index in [-0.39, 0.29) is 29.8 Å². The summed E-state index contributed by atoms with van der Waals surface area (Å²) in [5, 5.41) is 19.1. The lowest BCUT2D eigenvalue weighted by molar-refractivity contribution is -0.130. The number of fused-ring (bicyclic) bond motifs is 4. The molecule has 3 aromatic carbocycles. The van der Waals surface area contributed by atoms with Crippen LogP contribution < -0.4 is 46.2 Å². The lowest BCUT2D eigenvalue weighted by Crippen LogP contribution is -2.47. The van der Waals surface area contributed by atoms with E-state index in [0.29, 0.717) is 138 Å². The van der Waals surface area contributed by atoms with E-state index in [9.17, 15) is 14.4 Å². The molecule has 10 heterocycles. The number of anilines is 3. The summed E-state index contributed by atoms with van der Waals surface area (Å²) >= 11 is 1.65. The molecule has 3 aliphatic heterocycles. The maximum absolute atomic E-state index is 12.1. The predicted octanol–water partition coefficient (Wildman–Crippen LogP) is 6.38. The molecule has 3 aliphatic rings. The average molecular weight is 1310 g/mol. The number of ether oxygens (including phenoxy) is 6. The van der Waals surface area contributed by atoms with Gasteiger partial charge in [-0.25, -0.2) is 38.8 Å². The van der Waals surface area contributed by atoms with Crippen molar-refractivity contribution in [1.82, 2.24) is 74.1 Å². The molecule has 95 heavy (non-hydrogen) atoms. The van der Waals surface area contributed by atoms with Crippen molar-refractivity contribution in [3.63, 3.8) is 0 Å². The van der Waals surface area contributed by atoms with Crippen LogP contribution in [0.15, 0.2) is 86.2 Å². The fourth-order valence-electron chi connectivity index (χ4n) is 11.9. The number of amides is 3. The number of aromatic nitrogens is 11. The highest BCUT2D eigenvalue weighted by Gasteiger charge is 2.32. The highest BCUT2D eigenvalue weighted by Crippen LogP contribution is 2.45. The Bertz CT molecular complexity index is 4660. The number of methoxy groups -OCH3 is 6. The second kappa shape index (κ2) is 28.8.